The Morgan fingerprint density at radius 2 is 2.26 bits per heavy atom. The molecule has 2 aromatic rings. The molecule has 0 spiro atoms. The summed E-state index contributed by atoms with van der Waals surface area (Å²) in [5.74, 6) is 0.791. The van der Waals surface area contributed by atoms with Crippen molar-refractivity contribution >= 4 is 23.0 Å². The third-order valence-electron chi connectivity index (χ3n) is 2.68. The van der Waals surface area contributed by atoms with E-state index in [1.165, 1.54) is 0 Å². The fraction of sp³-hybridized carbons (Fsp3) is 0.231. The normalized spacial score (nSPS) is 10.0. The van der Waals surface area contributed by atoms with E-state index in [-0.39, 0.29) is 0 Å². The van der Waals surface area contributed by atoms with Crippen LogP contribution in [0.3, 0.4) is 0 Å². The van der Waals surface area contributed by atoms with Gasteiger partial charge in [0.1, 0.15) is 5.75 Å². The minimum atomic E-state index is 0.564. The Kier molecular flexibility index (Phi) is 4.35. The molecule has 0 saturated carbocycles. The Balaban J connectivity index is 1.89. The first kappa shape index (κ1) is 13.4. The van der Waals surface area contributed by atoms with Crippen molar-refractivity contribution in [2.24, 2.45) is 7.05 Å². The van der Waals surface area contributed by atoms with Gasteiger partial charge in [0.2, 0.25) is 0 Å². The van der Waals surface area contributed by atoms with E-state index in [0.29, 0.717) is 11.7 Å². The Morgan fingerprint density at radius 1 is 1.42 bits per heavy atom. The molecule has 0 bridgehead atoms. The number of methoxy groups -OCH3 is 1. The molecule has 0 aliphatic rings. The second kappa shape index (κ2) is 6.19. The molecule has 0 aliphatic heterocycles. The minimum absolute atomic E-state index is 0.564. The highest BCUT2D eigenvalue weighted by Crippen LogP contribution is 2.16. The van der Waals surface area contributed by atoms with E-state index in [9.17, 15) is 0 Å². The number of benzene rings is 1. The number of hydrogen-bond acceptors (Lipinski definition) is 3. The topological polar surface area (TPSA) is 51.1 Å². The van der Waals surface area contributed by atoms with Crippen LogP contribution in [0.15, 0.2) is 36.5 Å². The van der Waals surface area contributed by atoms with E-state index in [0.717, 1.165) is 17.1 Å². The molecule has 5 nitrogen and oxygen atoms in total. The summed E-state index contributed by atoms with van der Waals surface area (Å²) in [5, 5.41) is 10.9. The average molecular weight is 276 g/mol. The van der Waals surface area contributed by atoms with Crippen LogP contribution in [0.5, 0.6) is 5.75 Å². The zero-order valence-corrected chi connectivity index (χ0v) is 11.7. The molecule has 0 saturated heterocycles. The summed E-state index contributed by atoms with van der Waals surface area (Å²) in [6.45, 7) is 0.631. The van der Waals surface area contributed by atoms with Crippen molar-refractivity contribution in [2.45, 2.75) is 6.54 Å². The highest BCUT2D eigenvalue weighted by atomic mass is 32.1. The second-order valence-electron chi connectivity index (χ2n) is 3.99. The van der Waals surface area contributed by atoms with Crippen LogP contribution in [0.4, 0.5) is 5.69 Å². The van der Waals surface area contributed by atoms with E-state index >= 15 is 0 Å². The second-order valence-corrected chi connectivity index (χ2v) is 4.39. The van der Waals surface area contributed by atoms with Crippen LogP contribution in [0.2, 0.25) is 0 Å². The number of aromatic nitrogens is 2. The van der Waals surface area contributed by atoms with Crippen LogP contribution < -0.4 is 15.4 Å². The van der Waals surface area contributed by atoms with Gasteiger partial charge in [-0.3, -0.25) is 4.68 Å². The number of thiocarbonyl (C=S) groups is 1. The molecule has 100 valence electrons. The highest BCUT2D eigenvalue weighted by Gasteiger charge is 2.01. The van der Waals surface area contributed by atoms with Gasteiger partial charge in [0, 0.05) is 25.0 Å². The van der Waals surface area contributed by atoms with Crippen molar-refractivity contribution in [2.75, 3.05) is 12.4 Å². The molecular weight excluding hydrogens is 260 g/mol. The van der Waals surface area contributed by atoms with E-state index in [2.05, 4.69) is 15.7 Å². The fourth-order valence-corrected chi connectivity index (χ4v) is 1.81. The molecule has 0 unspecified atom stereocenters. The maximum atomic E-state index is 5.24. The lowest BCUT2D eigenvalue weighted by molar-refractivity contribution is 0.415. The van der Waals surface area contributed by atoms with Gasteiger partial charge in [-0.05, 0) is 30.4 Å². The summed E-state index contributed by atoms with van der Waals surface area (Å²) >= 11 is 5.24. The van der Waals surface area contributed by atoms with Crippen molar-refractivity contribution < 1.29 is 4.74 Å². The molecule has 19 heavy (non-hydrogen) atoms. The zero-order chi connectivity index (χ0) is 13.7. The zero-order valence-electron chi connectivity index (χ0n) is 10.9. The first-order valence-corrected chi connectivity index (χ1v) is 6.25. The molecule has 2 rings (SSSR count). The predicted octanol–water partition coefficient (Wildman–Crippen LogP) is 1.92. The lowest BCUT2D eigenvalue weighted by Gasteiger charge is -2.11. The van der Waals surface area contributed by atoms with Crippen LogP contribution in [0, 0.1) is 0 Å². The van der Waals surface area contributed by atoms with Crippen LogP contribution >= 0.6 is 12.2 Å². The molecule has 1 heterocycles. The summed E-state index contributed by atoms with van der Waals surface area (Å²) in [5.41, 5.74) is 1.96. The highest BCUT2D eigenvalue weighted by molar-refractivity contribution is 7.80. The number of anilines is 1. The average Bonchev–Trinajstić information content (AvgIpc) is 2.82. The van der Waals surface area contributed by atoms with Crippen molar-refractivity contribution in [3.63, 3.8) is 0 Å². The summed E-state index contributed by atoms with van der Waals surface area (Å²) in [6, 6.07) is 9.56. The fourth-order valence-electron chi connectivity index (χ4n) is 1.62. The molecule has 0 fully saturated rings. The van der Waals surface area contributed by atoms with Crippen molar-refractivity contribution in [1.29, 1.82) is 0 Å². The summed E-state index contributed by atoms with van der Waals surface area (Å²) in [6.07, 6.45) is 1.76. The van der Waals surface area contributed by atoms with Gasteiger partial charge >= 0.3 is 0 Å². The van der Waals surface area contributed by atoms with Crippen LogP contribution in [-0.2, 0) is 13.6 Å². The summed E-state index contributed by atoms with van der Waals surface area (Å²) in [4.78, 5) is 0. The van der Waals surface area contributed by atoms with Gasteiger partial charge in [0.15, 0.2) is 5.11 Å². The number of aryl methyl sites for hydroxylation is 1. The molecule has 1 aromatic carbocycles. The largest absolute Gasteiger partial charge is 0.497 e. The number of nitrogens with zero attached hydrogens (tertiary/aromatic N) is 2. The van der Waals surface area contributed by atoms with Crippen LogP contribution in [-0.4, -0.2) is 22.0 Å². The van der Waals surface area contributed by atoms with Crippen molar-refractivity contribution in [3.05, 3.63) is 42.2 Å². The maximum Gasteiger partial charge on any atom is 0.171 e. The third kappa shape index (κ3) is 3.69. The molecule has 1 aromatic heterocycles. The Morgan fingerprint density at radius 3 is 2.95 bits per heavy atom. The van der Waals surface area contributed by atoms with Crippen molar-refractivity contribution in [1.82, 2.24) is 15.1 Å². The first-order valence-electron chi connectivity index (χ1n) is 5.85. The van der Waals surface area contributed by atoms with Crippen LogP contribution in [0.1, 0.15) is 5.69 Å². The van der Waals surface area contributed by atoms with Crippen LogP contribution in [0.25, 0.3) is 0 Å². The number of hydrogen-bond donors (Lipinski definition) is 2. The molecule has 2 N–H and O–H groups in total. The van der Waals surface area contributed by atoms with E-state index in [4.69, 9.17) is 17.0 Å². The lowest BCUT2D eigenvalue weighted by atomic mass is 10.3. The Bertz CT molecular complexity index is 567. The van der Waals surface area contributed by atoms with Gasteiger partial charge in [-0.25, -0.2) is 0 Å². The summed E-state index contributed by atoms with van der Waals surface area (Å²) < 4.78 is 6.96. The number of nitrogens with one attached hydrogen (secondary N) is 2. The van der Waals surface area contributed by atoms with E-state index < -0.39 is 0 Å². The minimum Gasteiger partial charge on any atom is -0.497 e. The van der Waals surface area contributed by atoms with E-state index in [1.54, 1.807) is 18.0 Å². The number of ether oxygens (including phenoxy) is 1. The monoisotopic (exact) mass is 276 g/mol. The molecule has 0 radical (unpaired) electrons. The third-order valence-corrected chi connectivity index (χ3v) is 2.93. The summed E-state index contributed by atoms with van der Waals surface area (Å²) in [7, 11) is 3.54. The van der Waals surface area contributed by atoms with Gasteiger partial charge < -0.3 is 15.4 Å². The SMILES string of the molecule is COc1cccc(NC(=S)NCc2ccnn2C)c1. The lowest BCUT2D eigenvalue weighted by Crippen LogP contribution is -2.28. The molecule has 6 heteroatoms. The number of rotatable bonds is 4. The van der Waals surface area contributed by atoms with Gasteiger partial charge in [0.05, 0.1) is 19.3 Å². The Labute approximate surface area is 117 Å². The van der Waals surface area contributed by atoms with Gasteiger partial charge in [0.25, 0.3) is 0 Å². The first-order chi connectivity index (χ1) is 9.19. The predicted molar refractivity (Wildman–Crippen MR) is 79.3 cm³/mol. The Hall–Kier alpha value is -2.08. The molecule has 0 amide bonds. The van der Waals surface area contributed by atoms with Crippen molar-refractivity contribution in [3.8, 4) is 5.75 Å². The van der Waals surface area contributed by atoms with Gasteiger partial charge in [-0.2, -0.15) is 5.10 Å². The maximum absolute atomic E-state index is 5.24. The van der Waals surface area contributed by atoms with E-state index in [1.807, 2.05) is 37.4 Å². The van der Waals surface area contributed by atoms with Gasteiger partial charge in [-0.15, -0.1) is 0 Å². The molecule has 0 aliphatic carbocycles. The molecule has 0 atom stereocenters. The smallest absolute Gasteiger partial charge is 0.171 e. The quantitative estimate of drug-likeness (QED) is 0.836. The standard InChI is InChI=1S/C13H16N4OS/c1-17-11(6-7-15-17)9-14-13(19)16-10-4-3-5-12(8-10)18-2/h3-8H,9H2,1-2H3,(H2,14,16,19). The molecular formula is C13H16N4OS. The van der Waals surface area contributed by atoms with Gasteiger partial charge in [-0.1, -0.05) is 6.07 Å².